The van der Waals surface area contributed by atoms with Crippen molar-refractivity contribution in [3.8, 4) is 17.1 Å². The van der Waals surface area contributed by atoms with E-state index in [1.807, 2.05) is 4.90 Å². The zero-order valence-electron chi connectivity index (χ0n) is 21.7. The first-order valence-corrected chi connectivity index (χ1v) is 12.5. The van der Waals surface area contributed by atoms with E-state index in [9.17, 15) is 18.0 Å². The Balaban J connectivity index is 1.63. The standard InChI is InChI=1S/C26H26F4N6O3/c1-10-11(2)33-22-18-17(10)20(27)21(13-7-16(31)32-12(3)19(13)26(28,29)30)34-23(18)39-8-15-14-5-6-25(35-14,9-36(15)22)24(37)38-4/h7,14-15,35H,5-6,8-9H2,1-4H3,(H2,31,32)/t14-,15?,25+/m0/s1. The quantitative estimate of drug-likeness (QED) is 0.368. The molecule has 6 rings (SSSR count). The summed E-state index contributed by atoms with van der Waals surface area (Å²) in [7, 11) is 1.33. The minimum atomic E-state index is -4.83. The number of carbonyl (C=O) groups is 1. The number of nitrogens with one attached hydrogen (secondary N) is 1. The number of nitrogens with two attached hydrogens (primary N) is 1. The first kappa shape index (κ1) is 25.5. The van der Waals surface area contributed by atoms with Crippen molar-refractivity contribution in [2.75, 3.05) is 30.9 Å². The fraction of sp³-hybridized carbons (Fsp3) is 0.462. The summed E-state index contributed by atoms with van der Waals surface area (Å²) in [5.41, 5.74) is 3.19. The summed E-state index contributed by atoms with van der Waals surface area (Å²) in [5.74, 6) is -1.22. The van der Waals surface area contributed by atoms with Crippen LogP contribution < -0.4 is 20.7 Å². The maximum absolute atomic E-state index is 16.4. The summed E-state index contributed by atoms with van der Waals surface area (Å²) in [5, 5.41) is 3.69. The molecule has 3 aromatic rings. The van der Waals surface area contributed by atoms with Crippen LogP contribution in [0.1, 0.15) is 35.4 Å². The van der Waals surface area contributed by atoms with Gasteiger partial charge in [-0.25, -0.2) is 24.1 Å². The average Bonchev–Trinajstić information content (AvgIpc) is 3.14. The van der Waals surface area contributed by atoms with E-state index in [2.05, 4.69) is 15.3 Å². The van der Waals surface area contributed by atoms with E-state index < -0.39 is 40.3 Å². The number of nitrogens with zero attached hydrogens (tertiary/aromatic N) is 4. The van der Waals surface area contributed by atoms with Crippen molar-refractivity contribution in [2.45, 2.75) is 57.4 Å². The van der Waals surface area contributed by atoms with Gasteiger partial charge in [0.05, 0.1) is 29.8 Å². The number of aromatic nitrogens is 3. The minimum absolute atomic E-state index is 0.0365. The number of halogens is 4. The van der Waals surface area contributed by atoms with Crippen molar-refractivity contribution in [2.24, 2.45) is 0 Å². The maximum atomic E-state index is 16.4. The molecule has 3 aliphatic heterocycles. The van der Waals surface area contributed by atoms with Gasteiger partial charge in [-0.05, 0) is 45.2 Å². The normalized spacial score (nSPS) is 23.8. The van der Waals surface area contributed by atoms with Crippen molar-refractivity contribution >= 4 is 28.4 Å². The molecule has 3 atom stereocenters. The fourth-order valence-corrected chi connectivity index (χ4v) is 6.28. The van der Waals surface area contributed by atoms with Crippen molar-refractivity contribution in [1.82, 2.24) is 20.3 Å². The zero-order chi connectivity index (χ0) is 28.0. The second kappa shape index (κ2) is 8.38. The summed E-state index contributed by atoms with van der Waals surface area (Å²) >= 11 is 0. The third-order valence-electron chi connectivity index (χ3n) is 8.17. The van der Waals surface area contributed by atoms with Gasteiger partial charge in [-0.1, -0.05) is 0 Å². The Morgan fingerprint density at radius 1 is 1.21 bits per heavy atom. The molecular formula is C26H26F4N6O3. The predicted molar refractivity (Wildman–Crippen MR) is 134 cm³/mol. The lowest BCUT2D eigenvalue weighted by Gasteiger charge is -2.44. The first-order valence-electron chi connectivity index (χ1n) is 12.5. The smallest absolute Gasteiger partial charge is 0.418 e. The molecule has 0 amide bonds. The Morgan fingerprint density at radius 3 is 2.64 bits per heavy atom. The van der Waals surface area contributed by atoms with Crippen LogP contribution in [0.15, 0.2) is 6.07 Å². The SMILES string of the molecule is COC(=O)[C@]12CC[C@H](N1)C1COc3nc(-c4cc(N)nc(C)c4C(F)(F)F)c(F)c4c(C)c(C)nc(c34)N1C2. The van der Waals surface area contributed by atoms with Crippen LogP contribution >= 0.6 is 0 Å². The Morgan fingerprint density at radius 2 is 1.95 bits per heavy atom. The molecule has 6 heterocycles. The molecule has 3 N–H and O–H groups in total. The highest BCUT2D eigenvalue weighted by molar-refractivity contribution is 6.02. The lowest BCUT2D eigenvalue weighted by atomic mass is 9.95. The average molecular weight is 547 g/mol. The van der Waals surface area contributed by atoms with Crippen LogP contribution in [0.5, 0.6) is 5.88 Å². The molecule has 0 radical (unpaired) electrons. The van der Waals surface area contributed by atoms with Gasteiger partial charge in [-0.15, -0.1) is 0 Å². The minimum Gasteiger partial charge on any atom is -0.475 e. The molecule has 0 aliphatic carbocycles. The summed E-state index contributed by atoms with van der Waals surface area (Å²) in [4.78, 5) is 27.6. The van der Waals surface area contributed by atoms with Crippen molar-refractivity contribution in [1.29, 1.82) is 0 Å². The molecule has 13 heteroatoms. The van der Waals surface area contributed by atoms with Crippen LogP contribution in [-0.4, -0.2) is 58.8 Å². The molecule has 39 heavy (non-hydrogen) atoms. The number of ether oxygens (including phenoxy) is 2. The molecule has 3 aromatic heterocycles. The molecule has 3 aliphatic rings. The predicted octanol–water partition coefficient (Wildman–Crippen LogP) is 3.60. The third-order valence-corrected chi connectivity index (χ3v) is 8.17. The van der Waals surface area contributed by atoms with Gasteiger partial charge in [0, 0.05) is 29.2 Å². The summed E-state index contributed by atoms with van der Waals surface area (Å²) in [6.45, 7) is 4.82. The second-order valence-corrected chi connectivity index (χ2v) is 10.4. The van der Waals surface area contributed by atoms with E-state index in [1.165, 1.54) is 14.0 Å². The molecule has 0 aromatic carbocycles. The highest BCUT2D eigenvalue weighted by Crippen LogP contribution is 2.47. The number of methoxy groups -OCH3 is 1. The zero-order valence-corrected chi connectivity index (χ0v) is 21.7. The number of pyridine rings is 3. The van der Waals surface area contributed by atoms with Gasteiger partial charge in [-0.3, -0.25) is 5.32 Å². The van der Waals surface area contributed by atoms with Gasteiger partial charge in [0.25, 0.3) is 0 Å². The van der Waals surface area contributed by atoms with Crippen molar-refractivity contribution < 1.29 is 31.8 Å². The summed E-state index contributed by atoms with van der Waals surface area (Å²) in [6, 6.07) is 0.537. The van der Waals surface area contributed by atoms with Gasteiger partial charge in [0.15, 0.2) is 5.82 Å². The number of carbonyl (C=O) groups excluding carboxylic acids is 1. The fourth-order valence-electron chi connectivity index (χ4n) is 6.28. The van der Waals surface area contributed by atoms with E-state index in [0.29, 0.717) is 29.9 Å². The van der Waals surface area contributed by atoms with Gasteiger partial charge in [0.2, 0.25) is 5.88 Å². The van der Waals surface area contributed by atoms with Crippen LogP contribution in [0.3, 0.4) is 0 Å². The Bertz CT molecular complexity index is 1560. The number of hydrogen-bond donors (Lipinski definition) is 2. The maximum Gasteiger partial charge on any atom is 0.418 e. The van der Waals surface area contributed by atoms with Crippen LogP contribution in [0.2, 0.25) is 0 Å². The molecule has 2 fully saturated rings. The van der Waals surface area contributed by atoms with E-state index in [0.717, 1.165) is 6.07 Å². The molecule has 2 bridgehead atoms. The van der Waals surface area contributed by atoms with Crippen molar-refractivity contribution in [3.05, 3.63) is 34.4 Å². The highest BCUT2D eigenvalue weighted by atomic mass is 19.4. The molecule has 206 valence electrons. The molecule has 9 nitrogen and oxygen atoms in total. The van der Waals surface area contributed by atoms with E-state index in [-0.39, 0.29) is 53.4 Å². The summed E-state index contributed by atoms with van der Waals surface area (Å²) in [6.07, 6.45) is -3.62. The van der Waals surface area contributed by atoms with Gasteiger partial charge < -0.3 is 20.1 Å². The number of nitrogen functional groups attached to an aromatic ring is 1. The van der Waals surface area contributed by atoms with Crippen molar-refractivity contribution in [3.63, 3.8) is 0 Å². The summed E-state index contributed by atoms with van der Waals surface area (Å²) < 4.78 is 70.1. The van der Waals surface area contributed by atoms with Gasteiger partial charge >= 0.3 is 12.1 Å². The monoisotopic (exact) mass is 546 g/mol. The number of alkyl halides is 3. The Kier molecular flexibility index (Phi) is 5.48. The van der Waals surface area contributed by atoms with E-state index >= 15 is 4.39 Å². The second-order valence-electron chi connectivity index (χ2n) is 10.4. The van der Waals surface area contributed by atoms with E-state index in [4.69, 9.17) is 20.2 Å². The number of anilines is 2. The lowest BCUT2D eigenvalue weighted by Crippen LogP contribution is -2.68. The number of fused-ring (bicyclic) bond motifs is 5. The number of hydrogen-bond acceptors (Lipinski definition) is 9. The van der Waals surface area contributed by atoms with Gasteiger partial charge in [-0.2, -0.15) is 13.2 Å². The molecule has 0 spiro atoms. The largest absolute Gasteiger partial charge is 0.475 e. The van der Waals surface area contributed by atoms with Gasteiger partial charge in [0.1, 0.15) is 29.5 Å². The number of piperazine rings is 1. The van der Waals surface area contributed by atoms with Crippen LogP contribution in [0.25, 0.3) is 22.0 Å². The topological polar surface area (TPSA) is 115 Å². The number of aryl methyl sites for hydroxylation is 3. The molecular weight excluding hydrogens is 520 g/mol. The molecule has 1 unspecified atom stereocenters. The Hall–Kier alpha value is -3.74. The third kappa shape index (κ3) is 3.62. The molecule has 2 saturated heterocycles. The Labute approximate surface area is 220 Å². The van der Waals surface area contributed by atoms with Crippen LogP contribution in [-0.2, 0) is 15.7 Å². The number of rotatable bonds is 2. The number of esters is 1. The van der Waals surface area contributed by atoms with Crippen LogP contribution in [0.4, 0.5) is 29.2 Å². The molecule has 0 saturated carbocycles. The first-order chi connectivity index (χ1) is 18.4. The lowest BCUT2D eigenvalue weighted by molar-refractivity contribution is -0.148. The van der Waals surface area contributed by atoms with E-state index in [1.54, 1.807) is 13.8 Å². The van der Waals surface area contributed by atoms with Crippen LogP contribution in [0, 0.1) is 26.6 Å². The highest BCUT2D eigenvalue weighted by Gasteiger charge is 2.56.